The Bertz CT molecular complexity index is 430. The molecule has 0 aliphatic heterocycles. The number of aromatic nitrogens is 2. The first-order chi connectivity index (χ1) is 8.58. The number of amides is 1. The van der Waals surface area contributed by atoms with Crippen LogP contribution in [0.25, 0.3) is 0 Å². The van der Waals surface area contributed by atoms with Crippen LogP contribution >= 0.6 is 0 Å². The fourth-order valence-corrected chi connectivity index (χ4v) is 2.79. The minimum Gasteiger partial charge on any atom is -0.323 e. The monoisotopic (exact) mass is 249 g/mol. The molecule has 0 radical (unpaired) electrons. The minimum atomic E-state index is 0.126. The van der Waals surface area contributed by atoms with Crippen LogP contribution in [0.3, 0.4) is 0 Å². The zero-order valence-corrected chi connectivity index (χ0v) is 11.6. The van der Waals surface area contributed by atoms with Crippen molar-refractivity contribution in [3.8, 4) is 0 Å². The molecule has 1 heterocycles. The molecule has 100 valence electrons. The van der Waals surface area contributed by atoms with E-state index < -0.39 is 0 Å². The number of carbonyl (C=O) groups is 1. The molecule has 0 saturated heterocycles. The highest BCUT2D eigenvalue weighted by atomic mass is 16.1. The maximum atomic E-state index is 11.9. The molecule has 0 atom stereocenters. The van der Waals surface area contributed by atoms with E-state index in [1.807, 2.05) is 25.6 Å². The molecule has 1 N–H and O–H groups in total. The van der Waals surface area contributed by atoms with Crippen LogP contribution in [-0.4, -0.2) is 15.7 Å². The normalized spacial score (nSPS) is 16.2. The van der Waals surface area contributed by atoms with Gasteiger partial charge in [0.1, 0.15) is 0 Å². The third kappa shape index (κ3) is 2.92. The summed E-state index contributed by atoms with van der Waals surface area (Å²) >= 11 is 0. The van der Waals surface area contributed by atoms with E-state index in [0.717, 1.165) is 29.4 Å². The summed E-state index contributed by atoms with van der Waals surface area (Å²) in [6.07, 6.45) is 6.96. The number of rotatable bonds is 4. The third-order valence-corrected chi connectivity index (χ3v) is 4.03. The molecule has 0 spiro atoms. The SMILES string of the molecule is Cc1nn(C)c(C)c1NC(=O)CCC1CCCC1. The number of aryl methyl sites for hydroxylation is 2. The average Bonchev–Trinajstić information content (AvgIpc) is 2.92. The molecule has 1 amide bonds. The van der Waals surface area contributed by atoms with Crippen LogP contribution in [0.4, 0.5) is 5.69 Å². The second kappa shape index (κ2) is 5.55. The van der Waals surface area contributed by atoms with Gasteiger partial charge in [-0.1, -0.05) is 25.7 Å². The van der Waals surface area contributed by atoms with Crippen LogP contribution in [0.5, 0.6) is 0 Å². The van der Waals surface area contributed by atoms with Gasteiger partial charge in [0, 0.05) is 13.5 Å². The number of nitrogens with one attached hydrogen (secondary N) is 1. The maximum Gasteiger partial charge on any atom is 0.224 e. The summed E-state index contributed by atoms with van der Waals surface area (Å²) in [7, 11) is 1.90. The van der Waals surface area contributed by atoms with E-state index in [9.17, 15) is 4.79 Å². The fourth-order valence-electron chi connectivity index (χ4n) is 2.79. The van der Waals surface area contributed by atoms with Gasteiger partial charge >= 0.3 is 0 Å². The van der Waals surface area contributed by atoms with E-state index in [4.69, 9.17) is 0 Å². The molecular weight excluding hydrogens is 226 g/mol. The quantitative estimate of drug-likeness (QED) is 0.891. The predicted octanol–water partition coefficient (Wildman–Crippen LogP) is 2.95. The molecule has 1 aliphatic carbocycles. The van der Waals surface area contributed by atoms with Crippen molar-refractivity contribution < 1.29 is 4.79 Å². The Morgan fingerprint density at radius 3 is 2.61 bits per heavy atom. The lowest BCUT2D eigenvalue weighted by Gasteiger charge is -2.09. The summed E-state index contributed by atoms with van der Waals surface area (Å²) in [5, 5.41) is 7.30. The fraction of sp³-hybridized carbons (Fsp3) is 0.714. The van der Waals surface area contributed by atoms with E-state index >= 15 is 0 Å². The Balaban J connectivity index is 1.86. The zero-order valence-electron chi connectivity index (χ0n) is 11.6. The van der Waals surface area contributed by atoms with Gasteiger partial charge in [-0.15, -0.1) is 0 Å². The molecule has 0 aromatic carbocycles. The Kier molecular flexibility index (Phi) is 4.04. The first-order valence-electron chi connectivity index (χ1n) is 6.88. The van der Waals surface area contributed by atoms with Crippen LogP contribution < -0.4 is 5.32 Å². The summed E-state index contributed by atoms with van der Waals surface area (Å²) < 4.78 is 1.81. The van der Waals surface area contributed by atoms with Gasteiger partial charge in [0.25, 0.3) is 0 Å². The van der Waals surface area contributed by atoms with E-state index in [1.54, 1.807) is 0 Å². The lowest BCUT2D eigenvalue weighted by Crippen LogP contribution is -2.13. The summed E-state index contributed by atoms with van der Waals surface area (Å²) in [5.41, 5.74) is 2.79. The number of hydrogen-bond acceptors (Lipinski definition) is 2. The lowest BCUT2D eigenvalue weighted by molar-refractivity contribution is -0.116. The van der Waals surface area contributed by atoms with Crippen molar-refractivity contribution in [1.29, 1.82) is 0 Å². The van der Waals surface area contributed by atoms with E-state index in [0.29, 0.717) is 6.42 Å². The van der Waals surface area contributed by atoms with Crippen LogP contribution in [0.15, 0.2) is 0 Å². The first kappa shape index (κ1) is 13.1. The third-order valence-electron chi connectivity index (χ3n) is 4.03. The van der Waals surface area contributed by atoms with Crippen molar-refractivity contribution in [3.05, 3.63) is 11.4 Å². The summed E-state index contributed by atoms with van der Waals surface area (Å²) in [6.45, 7) is 3.91. The Morgan fingerprint density at radius 2 is 2.06 bits per heavy atom. The molecule has 18 heavy (non-hydrogen) atoms. The van der Waals surface area contributed by atoms with Gasteiger partial charge in [0.15, 0.2) is 0 Å². The number of anilines is 1. The molecule has 2 rings (SSSR count). The second-order valence-corrected chi connectivity index (χ2v) is 5.41. The molecule has 0 unspecified atom stereocenters. The summed E-state index contributed by atoms with van der Waals surface area (Å²) in [4.78, 5) is 11.9. The van der Waals surface area contributed by atoms with Crippen LogP contribution in [0.2, 0.25) is 0 Å². The van der Waals surface area contributed by atoms with E-state index in [1.165, 1.54) is 25.7 Å². The maximum absolute atomic E-state index is 11.9. The average molecular weight is 249 g/mol. The standard InChI is InChI=1S/C14H23N3O/c1-10-14(11(2)17(3)16-10)15-13(18)9-8-12-6-4-5-7-12/h12H,4-9H2,1-3H3,(H,15,18). The predicted molar refractivity (Wildman–Crippen MR) is 72.5 cm³/mol. The molecular formula is C14H23N3O. The van der Waals surface area contributed by atoms with E-state index in [-0.39, 0.29) is 5.91 Å². The molecule has 1 fully saturated rings. The number of nitrogens with zero attached hydrogens (tertiary/aromatic N) is 2. The van der Waals surface area contributed by atoms with Gasteiger partial charge in [0.2, 0.25) is 5.91 Å². The van der Waals surface area contributed by atoms with Crippen molar-refractivity contribution >= 4 is 11.6 Å². The number of carbonyl (C=O) groups excluding carboxylic acids is 1. The van der Waals surface area contributed by atoms with Crippen molar-refractivity contribution in [2.45, 2.75) is 52.4 Å². The smallest absolute Gasteiger partial charge is 0.224 e. The zero-order chi connectivity index (χ0) is 13.1. The molecule has 4 nitrogen and oxygen atoms in total. The van der Waals surface area contributed by atoms with Gasteiger partial charge in [-0.3, -0.25) is 9.48 Å². The van der Waals surface area contributed by atoms with Gasteiger partial charge in [-0.25, -0.2) is 0 Å². The van der Waals surface area contributed by atoms with Crippen LogP contribution in [0.1, 0.15) is 49.9 Å². The highest BCUT2D eigenvalue weighted by Crippen LogP contribution is 2.28. The van der Waals surface area contributed by atoms with Crippen molar-refractivity contribution in [2.24, 2.45) is 13.0 Å². The van der Waals surface area contributed by atoms with Crippen LogP contribution in [0, 0.1) is 19.8 Å². The van der Waals surface area contributed by atoms with Gasteiger partial charge in [0.05, 0.1) is 17.1 Å². The Hall–Kier alpha value is -1.32. The lowest BCUT2D eigenvalue weighted by atomic mass is 10.0. The largest absolute Gasteiger partial charge is 0.323 e. The molecule has 0 bridgehead atoms. The summed E-state index contributed by atoms with van der Waals surface area (Å²) in [5.74, 6) is 0.896. The molecule has 4 heteroatoms. The molecule has 1 aromatic rings. The summed E-state index contributed by atoms with van der Waals surface area (Å²) in [6, 6.07) is 0. The Morgan fingerprint density at radius 1 is 1.39 bits per heavy atom. The second-order valence-electron chi connectivity index (χ2n) is 5.41. The van der Waals surface area contributed by atoms with Crippen LogP contribution in [-0.2, 0) is 11.8 Å². The van der Waals surface area contributed by atoms with Crippen molar-refractivity contribution in [3.63, 3.8) is 0 Å². The van der Waals surface area contributed by atoms with Crippen molar-refractivity contribution in [1.82, 2.24) is 9.78 Å². The Labute approximate surface area is 109 Å². The molecule has 1 aromatic heterocycles. The molecule has 1 aliphatic rings. The van der Waals surface area contributed by atoms with Crippen molar-refractivity contribution in [2.75, 3.05) is 5.32 Å². The highest BCUT2D eigenvalue weighted by molar-refractivity contribution is 5.91. The minimum absolute atomic E-state index is 0.126. The highest BCUT2D eigenvalue weighted by Gasteiger charge is 2.17. The topological polar surface area (TPSA) is 46.9 Å². The number of hydrogen-bond donors (Lipinski definition) is 1. The van der Waals surface area contributed by atoms with Gasteiger partial charge in [-0.2, -0.15) is 5.10 Å². The van der Waals surface area contributed by atoms with Gasteiger partial charge in [-0.05, 0) is 26.2 Å². The molecule has 1 saturated carbocycles. The first-order valence-corrected chi connectivity index (χ1v) is 6.88. The van der Waals surface area contributed by atoms with E-state index in [2.05, 4.69) is 10.4 Å². The van der Waals surface area contributed by atoms with Gasteiger partial charge < -0.3 is 5.32 Å².